The normalized spacial score (nSPS) is 10.7. The molecule has 8 nitrogen and oxygen atoms in total. The highest BCUT2D eigenvalue weighted by molar-refractivity contribution is 5.91. The molecule has 0 saturated carbocycles. The van der Waals surface area contributed by atoms with Gasteiger partial charge in [0.1, 0.15) is 0 Å². The highest BCUT2D eigenvalue weighted by Gasteiger charge is 2.12. The Morgan fingerprint density at radius 2 is 1.60 bits per heavy atom. The molecule has 0 saturated heterocycles. The van der Waals surface area contributed by atoms with E-state index < -0.39 is 11.9 Å². The van der Waals surface area contributed by atoms with Gasteiger partial charge in [0.2, 0.25) is 5.91 Å². The summed E-state index contributed by atoms with van der Waals surface area (Å²) < 4.78 is 10.7. The van der Waals surface area contributed by atoms with Gasteiger partial charge in [-0.1, -0.05) is 63.6 Å². The smallest absolute Gasteiger partial charge is 0.343 e. The van der Waals surface area contributed by atoms with E-state index >= 15 is 0 Å². The van der Waals surface area contributed by atoms with Crippen LogP contribution in [0.4, 0.5) is 0 Å². The molecule has 2 N–H and O–H groups in total. The minimum Gasteiger partial charge on any atom is -0.493 e. The summed E-state index contributed by atoms with van der Waals surface area (Å²) in [5.74, 6) is -0.433. The number of nitrogens with zero attached hydrogens (tertiary/aromatic N) is 1. The minimum absolute atomic E-state index is 0.135. The Labute approximate surface area is 207 Å². The molecule has 2 aromatic carbocycles. The highest BCUT2D eigenvalue weighted by atomic mass is 16.6. The van der Waals surface area contributed by atoms with Crippen molar-refractivity contribution in [1.82, 2.24) is 10.7 Å². The van der Waals surface area contributed by atoms with Gasteiger partial charge in [0.15, 0.2) is 11.5 Å². The summed E-state index contributed by atoms with van der Waals surface area (Å²) in [6, 6.07) is 13.5. The second kappa shape index (κ2) is 16.0. The summed E-state index contributed by atoms with van der Waals surface area (Å²) in [5.41, 5.74) is 3.44. The molecule has 2 aromatic rings. The second-order valence-corrected chi connectivity index (χ2v) is 8.11. The van der Waals surface area contributed by atoms with Gasteiger partial charge in [-0.25, -0.2) is 10.2 Å². The number of rotatable bonds is 15. The van der Waals surface area contributed by atoms with Gasteiger partial charge < -0.3 is 14.8 Å². The van der Waals surface area contributed by atoms with E-state index in [1.807, 2.05) is 6.07 Å². The molecule has 35 heavy (non-hydrogen) atoms. The van der Waals surface area contributed by atoms with Gasteiger partial charge in [-0.05, 0) is 42.3 Å². The van der Waals surface area contributed by atoms with Gasteiger partial charge in [0.25, 0.3) is 5.91 Å². The predicted molar refractivity (Wildman–Crippen MR) is 136 cm³/mol. The van der Waals surface area contributed by atoms with Crippen molar-refractivity contribution in [2.24, 2.45) is 5.10 Å². The molecule has 2 amide bonds. The lowest BCUT2D eigenvalue weighted by Gasteiger charge is -2.10. The Morgan fingerprint density at radius 3 is 2.31 bits per heavy atom. The van der Waals surface area contributed by atoms with Gasteiger partial charge >= 0.3 is 5.97 Å². The van der Waals surface area contributed by atoms with Crippen LogP contribution in [0, 0.1) is 0 Å². The van der Waals surface area contributed by atoms with Crippen LogP contribution in [0.1, 0.15) is 74.2 Å². The molecule has 0 aliphatic carbocycles. The van der Waals surface area contributed by atoms with Crippen molar-refractivity contribution in [3.63, 3.8) is 0 Å². The average molecular weight is 482 g/mol. The number of esters is 1. The molecule has 0 spiro atoms. The number of benzene rings is 2. The SMILES string of the molecule is CCCCCCCCCC(=O)NCC(=O)N/N=C/c1ccc(OC(=O)c2ccccc2)c(OC)c1. The molecule has 0 bridgehead atoms. The van der Waals surface area contributed by atoms with Crippen molar-refractivity contribution < 1.29 is 23.9 Å². The lowest BCUT2D eigenvalue weighted by atomic mass is 10.1. The molecule has 188 valence electrons. The molecule has 0 radical (unpaired) electrons. The lowest BCUT2D eigenvalue weighted by molar-refractivity contribution is -0.126. The maximum Gasteiger partial charge on any atom is 0.343 e. The van der Waals surface area contributed by atoms with Crippen molar-refractivity contribution in [2.45, 2.75) is 58.3 Å². The van der Waals surface area contributed by atoms with Crippen LogP contribution in [0.2, 0.25) is 0 Å². The largest absolute Gasteiger partial charge is 0.493 e. The van der Waals surface area contributed by atoms with Crippen molar-refractivity contribution in [3.05, 3.63) is 59.7 Å². The van der Waals surface area contributed by atoms with Crippen LogP contribution in [0.15, 0.2) is 53.6 Å². The monoisotopic (exact) mass is 481 g/mol. The number of amides is 2. The average Bonchev–Trinajstić information content (AvgIpc) is 2.88. The van der Waals surface area contributed by atoms with Crippen LogP contribution in [-0.4, -0.2) is 37.7 Å². The van der Waals surface area contributed by atoms with Gasteiger partial charge in [0.05, 0.1) is 25.4 Å². The Balaban J connectivity index is 1.72. The van der Waals surface area contributed by atoms with E-state index in [0.717, 1.165) is 19.3 Å². The fourth-order valence-corrected chi connectivity index (χ4v) is 3.31. The van der Waals surface area contributed by atoms with Crippen LogP contribution in [-0.2, 0) is 9.59 Å². The van der Waals surface area contributed by atoms with E-state index in [-0.39, 0.29) is 18.2 Å². The number of hydrogen-bond donors (Lipinski definition) is 2. The second-order valence-electron chi connectivity index (χ2n) is 8.11. The van der Waals surface area contributed by atoms with Crippen LogP contribution in [0.25, 0.3) is 0 Å². The van der Waals surface area contributed by atoms with Gasteiger partial charge in [-0.3, -0.25) is 9.59 Å². The Bertz CT molecular complexity index is 976. The van der Waals surface area contributed by atoms with Crippen LogP contribution in [0.5, 0.6) is 11.5 Å². The highest BCUT2D eigenvalue weighted by Crippen LogP contribution is 2.28. The molecule has 0 aliphatic rings. The van der Waals surface area contributed by atoms with Crippen LogP contribution >= 0.6 is 0 Å². The third-order valence-electron chi connectivity index (χ3n) is 5.26. The first kappa shape index (κ1) is 27.6. The van der Waals surface area contributed by atoms with E-state index in [1.54, 1.807) is 42.5 Å². The molecule has 0 fully saturated rings. The van der Waals surface area contributed by atoms with Gasteiger partial charge in [0, 0.05) is 6.42 Å². The van der Waals surface area contributed by atoms with Gasteiger partial charge in [-0.2, -0.15) is 5.10 Å². The summed E-state index contributed by atoms with van der Waals surface area (Å²) in [6.45, 7) is 2.05. The maximum atomic E-state index is 12.3. The first-order chi connectivity index (χ1) is 17.0. The molecule has 0 aromatic heterocycles. The maximum absolute atomic E-state index is 12.3. The standard InChI is InChI=1S/C27H35N3O5/c1-3-4-5-6-7-8-12-15-25(31)28-20-26(32)30-29-19-21-16-17-23(24(18-21)34-2)35-27(33)22-13-10-9-11-14-22/h9-11,13-14,16-19H,3-8,12,15,20H2,1-2H3,(H,28,31)(H,30,32)/b29-19+. The fourth-order valence-electron chi connectivity index (χ4n) is 3.31. The molecule has 2 rings (SSSR count). The number of ether oxygens (including phenoxy) is 2. The molecule has 0 aliphatic heterocycles. The Morgan fingerprint density at radius 1 is 0.886 bits per heavy atom. The first-order valence-corrected chi connectivity index (χ1v) is 12.1. The molecule has 0 unspecified atom stereocenters. The third-order valence-corrected chi connectivity index (χ3v) is 5.26. The number of unbranched alkanes of at least 4 members (excludes halogenated alkanes) is 6. The predicted octanol–water partition coefficient (Wildman–Crippen LogP) is 4.62. The molecular formula is C27H35N3O5. The quantitative estimate of drug-likeness (QED) is 0.127. The van der Waals surface area contributed by atoms with Crippen molar-refractivity contribution in [3.8, 4) is 11.5 Å². The zero-order valence-electron chi connectivity index (χ0n) is 20.5. The van der Waals surface area contributed by atoms with Gasteiger partial charge in [-0.15, -0.1) is 0 Å². The number of carbonyl (C=O) groups excluding carboxylic acids is 3. The molecule has 0 atom stereocenters. The first-order valence-electron chi connectivity index (χ1n) is 12.1. The summed E-state index contributed by atoms with van der Waals surface area (Å²) in [7, 11) is 1.47. The number of carbonyl (C=O) groups is 3. The van der Waals surface area contributed by atoms with E-state index in [4.69, 9.17) is 9.47 Å². The van der Waals surface area contributed by atoms with E-state index in [1.165, 1.54) is 39.0 Å². The summed E-state index contributed by atoms with van der Waals surface area (Å²) >= 11 is 0. The zero-order valence-corrected chi connectivity index (χ0v) is 20.5. The zero-order chi connectivity index (χ0) is 25.3. The van der Waals surface area contributed by atoms with E-state index in [2.05, 4.69) is 22.8 Å². The topological polar surface area (TPSA) is 106 Å². The lowest BCUT2D eigenvalue weighted by Crippen LogP contribution is -2.34. The molecular weight excluding hydrogens is 446 g/mol. The molecule has 8 heteroatoms. The van der Waals surface area contributed by atoms with Crippen LogP contribution in [0.3, 0.4) is 0 Å². The van der Waals surface area contributed by atoms with Crippen molar-refractivity contribution >= 4 is 24.0 Å². The minimum atomic E-state index is -0.494. The number of hydrazone groups is 1. The van der Waals surface area contributed by atoms with Crippen molar-refractivity contribution in [2.75, 3.05) is 13.7 Å². The Kier molecular flexibility index (Phi) is 12.6. The number of hydrogen-bond acceptors (Lipinski definition) is 6. The fraction of sp³-hybridized carbons (Fsp3) is 0.407. The Hall–Kier alpha value is -3.68. The molecule has 0 heterocycles. The third kappa shape index (κ3) is 10.9. The number of nitrogens with one attached hydrogen (secondary N) is 2. The van der Waals surface area contributed by atoms with Crippen molar-refractivity contribution in [1.29, 1.82) is 0 Å². The number of methoxy groups -OCH3 is 1. The summed E-state index contributed by atoms with van der Waals surface area (Å²) in [6.07, 6.45) is 9.81. The van der Waals surface area contributed by atoms with E-state index in [9.17, 15) is 14.4 Å². The summed E-state index contributed by atoms with van der Waals surface area (Å²) in [4.78, 5) is 36.1. The summed E-state index contributed by atoms with van der Waals surface area (Å²) in [5, 5.41) is 6.51. The van der Waals surface area contributed by atoms with E-state index in [0.29, 0.717) is 23.3 Å². The van der Waals surface area contributed by atoms with Crippen LogP contribution < -0.4 is 20.2 Å².